The van der Waals surface area contributed by atoms with Crippen molar-refractivity contribution in [1.82, 2.24) is 0 Å². The van der Waals surface area contributed by atoms with Crippen LogP contribution in [0.3, 0.4) is 0 Å². The molecule has 1 amide bonds. The summed E-state index contributed by atoms with van der Waals surface area (Å²) in [6.07, 6.45) is 2.74. The van der Waals surface area contributed by atoms with E-state index in [2.05, 4.69) is 36.9 Å². The van der Waals surface area contributed by atoms with Gasteiger partial charge in [0.05, 0.1) is 5.71 Å². The van der Waals surface area contributed by atoms with Gasteiger partial charge in [-0.1, -0.05) is 0 Å². The lowest BCUT2D eigenvalue weighted by atomic mass is 10.1. The van der Waals surface area contributed by atoms with E-state index in [1.807, 2.05) is 0 Å². The van der Waals surface area contributed by atoms with Crippen LogP contribution >= 0.6 is 31.9 Å². The fourth-order valence-corrected chi connectivity index (χ4v) is 2.13. The van der Waals surface area contributed by atoms with Gasteiger partial charge in [0, 0.05) is 28.0 Å². The highest BCUT2D eigenvalue weighted by molar-refractivity contribution is 9.13. The van der Waals surface area contributed by atoms with E-state index in [9.17, 15) is 9.59 Å². The number of amides is 1. The summed E-state index contributed by atoms with van der Waals surface area (Å²) in [7, 11) is 0. The highest BCUT2D eigenvalue weighted by atomic mass is 79.9. The van der Waals surface area contributed by atoms with E-state index >= 15 is 0 Å². The smallest absolute Gasteiger partial charge is 0.243 e. The maximum atomic E-state index is 11.0. The number of nitrogens with zero attached hydrogens (tertiary/aromatic N) is 1. The van der Waals surface area contributed by atoms with Crippen LogP contribution in [-0.4, -0.2) is 17.4 Å². The molecular formula is C8H5Br2NO2. The molecule has 0 saturated carbocycles. The molecule has 1 rings (SSSR count). The predicted octanol–water partition coefficient (Wildman–Crippen LogP) is 2.11. The fourth-order valence-electron chi connectivity index (χ4n) is 0.807. The largest absolute Gasteiger partial charge is 0.290 e. The average Bonchev–Trinajstić information content (AvgIpc) is 1.96. The van der Waals surface area contributed by atoms with Gasteiger partial charge in [-0.15, -0.1) is 0 Å². The topological polar surface area (TPSA) is 46.5 Å². The summed E-state index contributed by atoms with van der Waals surface area (Å²) >= 11 is 6.30. The molecule has 0 aromatic heterocycles. The van der Waals surface area contributed by atoms with Crippen LogP contribution in [0, 0.1) is 0 Å². The van der Waals surface area contributed by atoms with Gasteiger partial charge in [0.25, 0.3) is 0 Å². The Labute approximate surface area is 91.9 Å². The van der Waals surface area contributed by atoms with Gasteiger partial charge in [-0.25, -0.2) is 4.99 Å². The van der Waals surface area contributed by atoms with Gasteiger partial charge in [0.2, 0.25) is 5.91 Å². The van der Waals surface area contributed by atoms with Crippen LogP contribution in [0.1, 0.15) is 6.92 Å². The minimum Gasteiger partial charge on any atom is -0.290 e. The Kier molecular flexibility index (Phi) is 3.33. The zero-order valence-electron chi connectivity index (χ0n) is 6.67. The second-order valence-corrected chi connectivity index (χ2v) is 4.08. The van der Waals surface area contributed by atoms with Gasteiger partial charge >= 0.3 is 0 Å². The molecule has 0 aromatic rings. The number of carbonyl (C=O) groups excluding carboxylic acids is 2. The molecule has 0 fully saturated rings. The molecule has 0 unspecified atom stereocenters. The third-order valence-corrected chi connectivity index (χ3v) is 2.47. The molecule has 0 saturated heterocycles. The first-order valence-electron chi connectivity index (χ1n) is 3.39. The van der Waals surface area contributed by atoms with Crippen molar-refractivity contribution in [3.63, 3.8) is 0 Å². The number of aliphatic imine (C=N–C) groups is 1. The molecular weight excluding hydrogens is 302 g/mol. The Morgan fingerprint density at radius 3 is 2.15 bits per heavy atom. The van der Waals surface area contributed by atoms with Crippen molar-refractivity contribution in [2.75, 3.05) is 0 Å². The monoisotopic (exact) mass is 305 g/mol. The van der Waals surface area contributed by atoms with E-state index in [1.54, 1.807) is 0 Å². The summed E-state index contributed by atoms with van der Waals surface area (Å²) in [4.78, 5) is 25.4. The maximum absolute atomic E-state index is 11.0. The first-order valence-corrected chi connectivity index (χ1v) is 4.97. The summed E-state index contributed by atoms with van der Waals surface area (Å²) in [5.74, 6) is -0.443. The van der Waals surface area contributed by atoms with E-state index < -0.39 is 0 Å². The van der Waals surface area contributed by atoms with Gasteiger partial charge < -0.3 is 0 Å². The number of hydrogen-bond donors (Lipinski definition) is 0. The minimum absolute atomic E-state index is 0.138. The first kappa shape index (κ1) is 10.5. The Morgan fingerprint density at radius 1 is 1.31 bits per heavy atom. The number of hydrogen-bond acceptors (Lipinski definition) is 2. The summed E-state index contributed by atoms with van der Waals surface area (Å²) < 4.78 is 1.03. The zero-order valence-corrected chi connectivity index (χ0v) is 9.85. The summed E-state index contributed by atoms with van der Waals surface area (Å²) in [6, 6.07) is 0. The second-order valence-electron chi connectivity index (χ2n) is 2.37. The molecule has 0 spiro atoms. The fraction of sp³-hybridized carbons (Fsp3) is 0.125. The van der Waals surface area contributed by atoms with E-state index in [0.717, 1.165) is 0 Å². The number of halogens is 2. The van der Waals surface area contributed by atoms with Crippen molar-refractivity contribution in [1.29, 1.82) is 0 Å². The van der Waals surface area contributed by atoms with Crippen LogP contribution in [-0.2, 0) is 9.59 Å². The lowest BCUT2D eigenvalue weighted by Crippen LogP contribution is -2.09. The van der Waals surface area contributed by atoms with Crippen molar-refractivity contribution in [3.8, 4) is 0 Å². The van der Waals surface area contributed by atoms with Gasteiger partial charge in [-0.3, -0.25) is 9.59 Å². The molecule has 0 radical (unpaired) electrons. The molecule has 1 aliphatic carbocycles. The highest BCUT2D eigenvalue weighted by Crippen LogP contribution is 2.23. The van der Waals surface area contributed by atoms with Crippen LogP contribution in [0.4, 0.5) is 0 Å². The summed E-state index contributed by atoms with van der Waals surface area (Å²) in [6.45, 7) is 1.35. The van der Waals surface area contributed by atoms with E-state index in [1.165, 1.54) is 19.1 Å². The lowest BCUT2D eigenvalue weighted by Gasteiger charge is -2.07. The third kappa shape index (κ3) is 2.70. The van der Waals surface area contributed by atoms with Crippen LogP contribution in [0.2, 0.25) is 0 Å². The quantitative estimate of drug-likeness (QED) is 0.644. The Hall–Kier alpha value is -0.550. The molecule has 3 nitrogen and oxygen atoms in total. The summed E-state index contributed by atoms with van der Waals surface area (Å²) in [5.41, 5.74) is 0.451. The molecule has 0 aromatic carbocycles. The van der Waals surface area contributed by atoms with Crippen LogP contribution in [0.25, 0.3) is 0 Å². The van der Waals surface area contributed by atoms with E-state index in [0.29, 0.717) is 14.7 Å². The SMILES string of the molecule is CC(=O)N=C1C(Br)=CC(=O)C=C1Br. The molecule has 13 heavy (non-hydrogen) atoms. The molecule has 0 N–H and O–H groups in total. The van der Waals surface area contributed by atoms with Crippen molar-refractivity contribution in [2.45, 2.75) is 6.92 Å². The standard InChI is InChI=1S/C8H5Br2NO2/c1-4(12)11-8-6(9)2-5(13)3-7(8)10/h2-3H,1H3. The molecule has 0 heterocycles. The Balaban J connectivity index is 3.12. The number of allylic oxidation sites excluding steroid dienone is 4. The van der Waals surface area contributed by atoms with Gasteiger partial charge in [-0.05, 0) is 31.9 Å². The third-order valence-electron chi connectivity index (χ3n) is 1.26. The molecule has 0 aliphatic heterocycles. The predicted molar refractivity (Wildman–Crippen MR) is 57.1 cm³/mol. The van der Waals surface area contributed by atoms with E-state index in [-0.39, 0.29) is 11.7 Å². The molecule has 68 valence electrons. The maximum Gasteiger partial charge on any atom is 0.243 e. The van der Waals surface area contributed by atoms with Gasteiger partial charge in [-0.2, -0.15) is 0 Å². The van der Waals surface area contributed by atoms with E-state index in [4.69, 9.17) is 0 Å². The number of carbonyl (C=O) groups is 2. The van der Waals surface area contributed by atoms with Gasteiger partial charge in [0.1, 0.15) is 0 Å². The van der Waals surface area contributed by atoms with Crippen molar-refractivity contribution < 1.29 is 9.59 Å². The average molecular weight is 307 g/mol. The first-order chi connectivity index (χ1) is 6.00. The Bertz CT molecular complexity index is 342. The van der Waals surface area contributed by atoms with Crippen LogP contribution in [0.5, 0.6) is 0 Å². The Morgan fingerprint density at radius 2 is 1.77 bits per heavy atom. The molecule has 0 atom stereocenters. The highest BCUT2D eigenvalue weighted by Gasteiger charge is 2.16. The molecule has 5 heteroatoms. The molecule has 0 bridgehead atoms. The second kappa shape index (κ2) is 4.11. The number of rotatable bonds is 0. The molecule has 1 aliphatic rings. The summed E-state index contributed by atoms with van der Waals surface area (Å²) in [5, 5.41) is 0. The number of ketones is 1. The normalized spacial score (nSPS) is 16.5. The zero-order chi connectivity index (χ0) is 10.0. The van der Waals surface area contributed by atoms with Crippen LogP contribution in [0.15, 0.2) is 26.1 Å². The minimum atomic E-state index is -0.306. The lowest BCUT2D eigenvalue weighted by molar-refractivity contribution is -0.115. The van der Waals surface area contributed by atoms with Crippen molar-refractivity contribution >= 4 is 49.3 Å². The van der Waals surface area contributed by atoms with Crippen molar-refractivity contribution in [2.24, 2.45) is 4.99 Å². The van der Waals surface area contributed by atoms with Crippen LogP contribution < -0.4 is 0 Å². The van der Waals surface area contributed by atoms with Crippen molar-refractivity contribution in [3.05, 3.63) is 21.1 Å². The van der Waals surface area contributed by atoms with Gasteiger partial charge in [0.15, 0.2) is 5.78 Å².